The Kier molecular flexibility index (Phi) is 7.93. The lowest BCUT2D eigenvalue weighted by atomic mass is 9.58. The van der Waals surface area contributed by atoms with Gasteiger partial charge in [-0.1, -0.05) is 97.7 Å². The standard InChI is InChI=1S/C34H8B14/c35-21-17(24(38)25(39)20-19(21)28(42)33(47)34(48)29(20)43)14-11-7-3-1-5-9(11)13(10-6-2-4-8-12(10)14)15-16-18(26(40)30(44)22(15)36)27(41)32(46)31(45)23(16)37/h1-8H. The molecule has 0 saturated heterocycles. The SMILES string of the molecule is [B]c1c([B])c([B])c2c([B])c(-c3c4ccccc4c(-c4c([B])c([B])c([B])c5c([B])c([B])c([B])c([B])c45)c4ccccc34)c([B])c([B])c2c1[B]. The predicted octanol–water partition coefficient (Wildman–Crippen LogP) is -7.25. The molecule has 0 aliphatic heterocycles. The van der Waals surface area contributed by atoms with Crippen LogP contribution in [-0.2, 0) is 0 Å². The van der Waals surface area contributed by atoms with Crippen LogP contribution in [0.5, 0.6) is 0 Å². The number of fused-ring (bicyclic) bond motifs is 4. The summed E-state index contributed by atoms with van der Waals surface area (Å²) in [6.45, 7) is 0. The Hall–Kier alpha value is -3.51. The van der Waals surface area contributed by atoms with E-state index in [2.05, 4.69) is 0 Å². The highest BCUT2D eigenvalue weighted by Crippen LogP contribution is 2.43. The van der Waals surface area contributed by atoms with Gasteiger partial charge >= 0.3 is 0 Å². The molecule has 0 aliphatic carbocycles. The third-order valence-electron chi connectivity index (χ3n) is 9.49. The van der Waals surface area contributed by atoms with Crippen LogP contribution in [0.2, 0.25) is 0 Å². The molecule has 0 spiro atoms. The molecule has 0 saturated carbocycles. The van der Waals surface area contributed by atoms with Crippen LogP contribution in [0.3, 0.4) is 0 Å². The van der Waals surface area contributed by atoms with Crippen LogP contribution in [-0.4, -0.2) is 110 Å². The Labute approximate surface area is 298 Å². The molecule has 0 atom stereocenters. The largest absolute Gasteiger partial charge is 0.115 e. The van der Waals surface area contributed by atoms with Gasteiger partial charge in [0.05, 0.1) is 0 Å². The second kappa shape index (κ2) is 11.5. The van der Waals surface area contributed by atoms with Crippen LogP contribution in [0.25, 0.3) is 65.3 Å². The summed E-state index contributed by atoms with van der Waals surface area (Å²) in [7, 11) is 91.5. The monoisotopic (exact) mass is 570 g/mol. The first-order valence-corrected chi connectivity index (χ1v) is 14.7. The highest BCUT2D eigenvalue weighted by molar-refractivity contribution is 6.74. The van der Waals surface area contributed by atoms with Gasteiger partial charge in [-0.2, -0.15) is 0 Å². The van der Waals surface area contributed by atoms with Crippen LogP contribution < -0.4 is 76.5 Å². The van der Waals surface area contributed by atoms with Crippen molar-refractivity contribution in [3.05, 3.63) is 48.5 Å². The summed E-state index contributed by atoms with van der Waals surface area (Å²) in [4.78, 5) is 0. The molecule has 0 fully saturated rings. The van der Waals surface area contributed by atoms with Crippen molar-refractivity contribution in [2.45, 2.75) is 0 Å². The molecule has 186 valence electrons. The van der Waals surface area contributed by atoms with Crippen molar-refractivity contribution in [2.24, 2.45) is 0 Å². The molecule has 7 rings (SSSR count). The van der Waals surface area contributed by atoms with E-state index in [1.807, 2.05) is 48.5 Å². The van der Waals surface area contributed by atoms with Crippen molar-refractivity contribution >= 4 is 229 Å². The van der Waals surface area contributed by atoms with E-state index >= 15 is 0 Å². The summed E-state index contributed by atoms with van der Waals surface area (Å²) in [6, 6.07) is 15.3. The van der Waals surface area contributed by atoms with Gasteiger partial charge in [-0.15, -0.1) is 27.3 Å². The lowest BCUT2D eigenvalue weighted by Crippen LogP contribution is -2.52. The normalized spacial score (nSPS) is 11.7. The number of benzene rings is 7. The third-order valence-corrected chi connectivity index (χ3v) is 9.49. The molecule has 0 heterocycles. The maximum absolute atomic E-state index is 6.97. The summed E-state index contributed by atoms with van der Waals surface area (Å²) in [6.07, 6.45) is 0. The fourth-order valence-corrected chi connectivity index (χ4v) is 7.04. The zero-order valence-corrected chi connectivity index (χ0v) is 25.7. The average Bonchev–Trinajstić information content (AvgIpc) is 3.08. The van der Waals surface area contributed by atoms with Gasteiger partial charge in [-0.25, -0.2) is 0 Å². The molecule has 7 aromatic rings. The highest BCUT2D eigenvalue weighted by atomic mass is 14.3. The van der Waals surface area contributed by atoms with E-state index in [4.69, 9.17) is 110 Å². The molecule has 0 aromatic heterocycles. The topological polar surface area (TPSA) is 0 Å². The summed E-state index contributed by atoms with van der Waals surface area (Å²) in [5.74, 6) is 0. The minimum absolute atomic E-state index is 0.0898. The van der Waals surface area contributed by atoms with Crippen molar-refractivity contribution in [3.8, 4) is 22.3 Å². The van der Waals surface area contributed by atoms with E-state index in [9.17, 15) is 0 Å². The van der Waals surface area contributed by atoms with Gasteiger partial charge in [-0.05, 0) is 65.3 Å². The lowest BCUT2D eigenvalue weighted by molar-refractivity contribution is 1.74. The van der Waals surface area contributed by atoms with Gasteiger partial charge < -0.3 is 0 Å². The van der Waals surface area contributed by atoms with Gasteiger partial charge in [0.1, 0.15) is 110 Å². The summed E-state index contributed by atoms with van der Waals surface area (Å²) < 4.78 is 0. The molecule has 0 nitrogen and oxygen atoms in total. The van der Waals surface area contributed by atoms with Gasteiger partial charge in [0.15, 0.2) is 0 Å². The van der Waals surface area contributed by atoms with Gasteiger partial charge in [0.2, 0.25) is 0 Å². The second-order valence-corrected chi connectivity index (χ2v) is 11.9. The van der Waals surface area contributed by atoms with Crippen LogP contribution >= 0.6 is 0 Å². The maximum Gasteiger partial charge on any atom is 0.115 e. The lowest BCUT2D eigenvalue weighted by Gasteiger charge is -2.29. The first-order valence-electron chi connectivity index (χ1n) is 14.7. The Morgan fingerprint density at radius 3 is 0.854 bits per heavy atom. The second-order valence-electron chi connectivity index (χ2n) is 11.9. The van der Waals surface area contributed by atoms with E-state index in [1.165, 1.54) is 0 Å². The molecule has 28 radical (unpaired) electrons. The smallest absolute Gasteiger partial charge is 0.110 e. The Morgan fingerprint density at radius 1 is 0.208 bits per heavy atom. The molecule has 48 heavy (non-hydrogen) atoms. The van der Waals surface area contributed by atoms with Crippen molar-refractivity contribution in [3.63, 3.8) is 0 Å². The fraction of sp³-hybridized carbons (Fsp3) is 0. The summed E-state index contributed by atoms with van der Waals surface area (Å²) >= 11 is 0. The van der Waals surface area contributed by atoms with Gasteiger partial charge in [-0.3, -0.25) is 0 Å². The van der Waals surface area contributed by atoms with Gasteiger partial charge in [0, 0.05) is 0 Å². The summed E-state index contributed by atoms with van der Waals surface area (Å²) in [5, 5.41) is 4.36. The van der Waals surface area contributed by atoms with Crippen molar-refractivity contribution in [2.75, 3.05) is 0 Å². The molecule has 0 N–H and O–H groups in total. The third kappa shape index (κ3) is 4.30. The van der Waals surface area contributed by atoms with Crippen molar-refractivity contribution in [1.82, 2.24) is 0 Å². The van der Waals surface area contributed by atoms with E-state index in [0.717, 1.165) is 21.5 Å². The quantitative estimate of drug-likeness (QED) is 0.144. The van der Waals surface area contributed by atoms with E-state index in [1.54, 1.807) is 0 Å². The van der Waals surface area contributed by atoms with Crippen LogP contribution in [0.15, 0.2) is 48.5 Å². The zero-order chi connectivity index (χ0) is 34.7. The number of rotatable bonds is 2. The number of hydrogen-bond acceptors (Lipinski definition) is 0. The zero-order valence-electron chi connectivity index (χ0n) is 25.7. The van der Waals surface area contributed by atoms with Crippen LogP contribution in [0.4, 0.5) is 0 Å². The minimum atomic E-state index is 0.0898. The maximum atomic E-state index is 6.97. The first-order chi connectivity index (χ1) is 22.7. The molecule has 0 bridgehead atoms. The fourth-order valence-electron chi connectivity index (χ4n) is 7.04. The number of hydrogen-bond donors (Lipinski definition) is 0. The van der Waals surface area contributed by atoms with Gasteiger partial charge in [0.25, 0.3) is 0 Å². The predicted molar refractivity (Wildman–Crippen MR) is 223 cm³/mol. The molecular formula is C34H8B14. The molecule has 7 aromatic carbocycles. The molecule has 0 unspecified atom stereocenters. The molecule has 0 amide bonds. The van der Waals surface area contributed by atoms with E-state index in [0.29, 0.717) is 43.8 Å². The molecule has 14 heteroatoms. The Balaban J connectivity index is 1.76. The average molecular weight is 568 g/mol. The van der Waals surface area contributed by atoms with Crippen molar-refractivity contribution in [1.29, 1.82) is 0 Å². The van der Waals surface area contributed by atoms with Crippen molar-refractivity contribution < 1.29 is 0 Å². The summed E-state index contributed by atoms with van der Waals surface area (Å²) in [5.41, 5.74) is 4.18. The van der Waals surface area contributed by atoms with E-state index in [-0.39, 0.29) is 76.5 Å². The van der Waals surface area contributed by atoms with Crippen LogP contribution in [0.1, 0.15) is 0 Å². The Morgan fingerprint density at radius 2 is 0.458 bits per heavy atom. The Bertz CT molecular complexity index is 2540. The van der Waals surface area contributed by atoms with E-state index < -0.39 is 0 Å². The highest BCUT2D eigenvalue weighted by Gasteiger charge is 2.25. The first kappa shape index (κ1) is 33.0. The minimum Gasteiger partial charge on any atom is -0.110 e. The van der Waals surface area contributed by atoms with Crippen LogP contribution in [0, 0.1) is 0 Å². The molecular weight excluding hydrogens is 560 g/mol. The molecule has 0 aliphatic rings.